The minimum atomic E-state index is -0.278. The maximum Gasteiger partial charge on any atom is 0.226 e. The Morgan fingerprint density at radius 2 is 1.61 bits per heavy atom. The molecule has 2 aromatic heterocycles. The molecule has 4 heteroatoms. The molecular formula is C14H9FN2O. The number of halogens is 1. The molecule has 2 heterocycles. The SMILES string of the molecule is Fc1ccc(-c2ncc(-c3ccncc3)o2)cc1. The number of hydrogen-bond acceptors (Lipinski definition) is 3. The van der Waals surface area contributed by atoms with E-state index < -0.39 is 0 Å². The van der Waals surface area contributed by atoms with Crippen LogP contribution in [0.3, 0.4) is 0 Å². The monoisotopic (exact) mass is 240 g/mol. The quantitative estimate of drug-likeness (QED) is 0.687. The predicted molar refractivity (Wildman–Crippen MR) is 65.1 cm³/mol. The number of pyridine rings is 1. The van der Waals surface area contributed by atoms with Gasteiger partial charge in [-0.15, -0.1) is 0 Å². The summed E-state index contributed by atoms with van der Waals surface area (Å²) >= 11 is 0. The van der Waals surface area contributed by atoms with E-state index in [1.165, 1.54) is 12.1 Å². The summed E-state index contributed by atoms with van der Waals surface area (Å²) < 4.78 is 18.4. The molecule has 3 rings (SSSR count). The lowest BCUT2D eigenvalue weighted by Crippen LogP contribution is -1.77. The second kappa shape index (κ2) is 4.41. The Morgan fingerprint density at radius 3 is 2.33 bits per heavy atom. The van der Waals surface area contributed by atoms with E-state index in [0.29, 0.717) is 11.7 Å². The third kappa shape index (κ3) is 2.00. The van der Waals surface area contributed by atoms with Crippen molar-refractivity contribution in [3.63, 3.8) is 0 Å². The summed E-state index contributed by atoms with van der Waals surface area (Å²) in [5.41, 5.74) is 1.66. The summed E-state index contributed by atoms with van der Waals surface area (Å²) in [6.45, 7) is 0. The van der Waals surface area contributed by atoms with Gasteiger partial charge in [-0.1, -0.05) is 0 Å². The fourth-order valence-corrected chi connectivity index (χ4v) is 1.65. The highest BCUT2D eigenvalue weighted by Gasteiger charge is 2.08. The van der Waals surface area contributed by atoms with Crippen molar-refractivity contribution in [2.45, 2.75) is 0 Å². The van der Waals surface area contributed by atoms with E-state index in [1.54, 1.807) is 30.7 Å². The molecule has 3 nitrogen and oxygen atoms in total. The molecule has 0 radical (unpaired) electrons. The van der Waals surface area contributed by atoms with Crippen LogP contribution in [0.4, 0.5) is 4.39 Å². The Bertz CT molecular complexity index is 647. The number of nitrogens with zero attached hydrogens (tertiary/aromatic N) is 2. The lowest BCUT2D eigenvalue weighted by Gasteiger charge is -1.96. The molecule has 0 saturated heterocycles. The normalized spacial score (nSPS) is 10.5. The molecule has 0 fully saturated rings. The van der Waals surface area contributed by atoms with Crippen molar-refractivity contribution in [3.05, 3.63) is 60.8 Å². The molecule has 0 saturated carbocycles. The van der Waals surface area contributed by atoms with Gasteiger partial charge in [0.05, 0.1) is 6.20 Å². The number of rotatable bonds is 2. The van der Waals surface area contributed by atoms with Crippen LogP contribution in [0, 0.1) is 5.82 Å². The van der Waals surface area contributed by atoms with Crippen molar-refractivity contribution in [2.24, 2.45) is 0 Å². The number of hydrogen-bond donors (Lipinski definition) is 0. The highest BCUT2D eigenvalue weighted by atomic mass is 19.1. The summed E-state index contributed by atoms with van der Waals surface area (Å²) in [7, 11) is 0. The van der Waals surface area contributed by atoms with Gasteiger partial charge in [0, 0.05) is 23.5 Å². The standard InChI is InChI=1S/C14H9FN2O/c15-12-3-1-11(2-4-12)14-17-9-13(18-14)10-5-7-16-8-6-10/h1-9H. The topological polar surface area (TPSA) is 38.9 Å². The Labute approximate surface area is 103 Å². The van der Waals surface area contributed by atoms with Crippen LogP contribution in [0.5, 0.6) is 0 Å². The molecule has 18 heavy (non-hydrogen) atoms. The van der Waals surface area contributed by atoms with Gasteiger partial charge in [0.25, 0.3) is 0 Å². The molecule has 0 aliphatic carbocycles. The predicted octanol–water partition coefficient (Wildman–Crippen LogP) is 3.54. The van der Waals surface area contributed by atoms with Gasteiger partial charge >= 0.3 is 0 Å². The highest BCUT2D eigenvalue weighted by molar-refractivity contribution is 5.60. The molecule has 1 aromatic carbocycles. The van der Waals surface area contributed by atoms with Crippen molar-refractivity contribution in [1.29, 1.82) is 0 Å². The zero-order chi connectivity index (χ0) is 12.4. The van der Waals surface area contributed by atoms with E-state index in [9.17, 15) is 4.39 Å². The van der Waals surface area contributed by atoms with E-state index in [0.717, 1.165) is 11.1 Å². The fourth-order valence-electron chi connectivity index (χ4n) is 1.65. The Morgan fingerprint density at radius 1 is 0.889 bits per heavy atom. The van der Waals surface area contributed by atoms with Gasteiger partial charge in [0.2, 0.25) is 5.89 Å². The Kier molecular flexibility index (Phi) is 2.61. The van der Waals surface area contributed by atoms with Gasteiger partial charge in [0.1, 0.15) is 5.82 Å². The van der Waals surface area contributed by atoms with Crippen molar-refractivity contribution >= 4 is 0 Å². The maximum absolute atomic E-state index is 12.8. The first-order valence-corrected chi connectivity index (χ1v) is 5.45. The van der Waals surface area contributed by atoms with Crippen molar-refractivity contribution in [2.75, 3.05) is 0 Å². The van der Waals surface area contributed by atoms with Gasteiger partial charge in [0.15, 0.2) is 5.76 Å². The van der Waals surface area contributed by atoms with E-state index in [2.05, 4.69) is 9.97 Å². The zero-order valence-electron chi connectivity index (χ0n) is 9.38. The molecule has 0 atom stereocenters. The first-order valence-electron chi connectivity index (χ1n) is 5.45. The molecule has 0 aliphatic rings. The molecule has 0 N–H and O–H groups in total. The molecule has 0 unspecified atom stereocenters. The summed E-state index contributed by atoms with van der Waals surface area (Å²) in [5, 5.41) is 0. The van der Waals surface area contributed by atoms with E-state index in [4.69, 9.17) is 4.42 Å². The number of oxazole rings is 1. The third-order valence-electron chi connectivity index (χ3n) is 2.56. The third-order valence-corrected chi connectivity index (χ3v) is 2.56. The number of aromatic nitrogens is 2. The van der Waals surface area contributed by atoms with Crippen LogP contribution in [0.25, 0.3) is 22.8 Å². The van der Waals surface area contributed by atoms with Crippen LogP contribution < -0.4 is 0 Å². The Hall–Kier alpha value is -2.49. The second-order valence-corrected chi connectivity index (χ2v) is 3.77. The van der Waals surface area contributed by atoms with Crippen molar-refractivity contribution < 1.29 is 8.81 Å². The molecule has 0 aliphatic heterocycles. The number of benzene rings is 1. The Balaban J connectivity index is 1.97. The zero-order valence-corrected chi connectivity index (χ0v) is 9.38. The smallest absolute Gasteiger partial charge is 0.226 e. The lowest BCUT2D eigenvalue weighted by atomic mass is 10.2. The molecule has 0 bridgehead atoms. The first-order chi connectivity index (χ1) is 8.83. The molecular weight excluding hydrogens is 231 g/mol. The van der Waals surface area contributed by atoms with Gasteiger partial charge in [-0.2, -0.15) is 0 Å². The summed E-state index contributed by atoms with van der Waals surface area (Å²) in [6.07, 6.45) is 5.03. The second-order valence-electron chi connectivity index (χ2n) is 3.77. The van der Waals surface area contributed by atoms with Gasteiger partial charge < -0.3 is 4.42 Å². The van der Waals surface area contributed by atoms with E-state index in [1.807, 2.05) is 12.1 Å². The van der Waals surface area contributed by atoms with E-state index in [-0.39, 0.29) is 5.82 Å². The van der Waals surface area contributed by atoms with E-state index >= 15 is 0 Å². The van der Waals surface area contributed by atoms with Crippen molar-refractivity contribution in [3.8, 4) is 22.8 Å². The van der Waals surface area contributed by atoms with Gasteiger partial charge in [-0.05, 0) is 36.4 Å². The maximum atomic E-state index is 12.8. The largest absolute Gasteiger partial charge is 0.436 e. The molecule has 0 amide bonds. The van der Waals surface area contributed by atoms with Gasteiger partial charge in [-0.25, -0.2) is 9.37 Å². The van der Waals surface area contributed by atoms with Gasteiger partial charge in [-0.3, -0.25) is 4.98 Å². The van der Waals surface area contributed by atoms with Crippen LogP contribution in [-0.2, 0) is 0 Å². The molecule has 0 spiro atoms. The highest BCUT2D eigenvalue weighted by Crippen LogP contribution is 2.25. The van der Waals surface area contributed by atoms with Crippen LogP contribution >= 0.6 is 0 Å². The average molecular weight is 240 g/mol. The average Bonchev–Trinajstić information content (AvgIpc) is 2.90. The molecule has 88 valence electrons. The van der Waals surface area contributed by atoms with Crippen LogP contribution in [-0.4, -0.2) is 9.97 Å². The fraction of sp³-hybridized carbons (Fsp3) is 0. The van der Waals surface area contributed by atoms with Crippen LogP contribution in [0.1, 0.15) is 0 Å². The minimum Gasteiger partial charge on any atom is -0.436 e. The van der Waals surface area contributed by atoms with Crippen molar-refractivity contribution in [1.82, 2.24) is 9.97 Å². The summed E-state index contributed by atoms with van der Waals surface area (Å²) in [4.78, 5) is 8.12. The first kappa shape index (κ1) is 10.7. The summed E-state index contributed by atoms with van der Waals surface area (Å²) in [6, 6.07) is 9.72. The molecule has 3 aromatic rings. The van der Waals surface area contributed by atoms with Crippen LogP contribution in [0.15, 0.2) is 59.4 Å². The summed E-state index contributed by atoms with van der Waals surface area (Å²) in [5.74, 6) is 0.859. The minimum absolute atomic E-state index is 0.278. The van der Waals surface area contributed by atoms with Crippen LogP contribution in [0.2, 0.25) is 0 Å². The lowest BCUT2D eigenvalue weighted by molar-refractivity contribution is 0.588.